The summed E-state index contributed by atoms with van der Waals surface area (Å²) in [6.45, 7) is 0.543. The zero-order valence-electron chi connectivity index (χ0n) is 5.79. The van der Waals surface area contributed by atoms with Gasteiger partial charge in [-0.3, -0.25) is 4.79 Å². The van der Waals surface area contributed by atoms with Crippen LogP contribution in [0.15, 0.2) is 0 Å². The summed E-state index contributed by atoms with van der Waals surface area (Å²) >= 11 is 2.73. The molecule has 0 aromatic rings. The molecular formula is C6H8BrNO3. The summed E-state index contributed by atoms with van der Waals surface area (Å²) in [7, 11) is 0. The van der Waals surface area contributed by atoms with E-state index in [4.69, 9.17) is 5.11 Å². The predicted octanol–water partition coefficient (Wildman–Crippen LogP) is 1.05. The van der Waals surface area contributed by atoms with Gasteiger partial charge in [0.1, 0.15) is 6.04 Å². The first-order valence-electron chi connectivity index (χ1n) is 3.32. The van der Waals surface area contributed by atoms with Crippen molar-refractivity contribution in [3.8, 4) is 0 Å². The van der Waals surface area contributed by atoms with Crippen molar-refractivity contribution in [1.82, 2.24) is 4.90 Å². The molecule has 1 aliphatic rings. The summed E-state index contributed by atoms with van der Waals surface area (Å²) in [6.07, 6.45) is 1.33. The van der Waals surface area contributed by atoms with Gasteiger partial charge in [0.25, 0.3) is 4.82 Å². The van der Waals surface area contributed by atoms with Gasteiger partial charge < -0.3 is 10.0 Å². The number of rotatable bonds is 1. The Hall–Kier alpha value is -0.580. The number of likely N-dealkylation sites (tertiary alicyclic amines) is 1. The van der Waals surface area contributed by atoms with Crippen LogP contribution in [0.4, 0.5) is 4.79 Å². The summed E-state index contributed by atoms with van der Waals surface area (Å²) in [6, 6.07) is -0.623. The standard InChI is InChI=1S/C6H8BrNO3/c7-6(11)8-3-1-2-4(8)5(9)10/h4H,1-3H2,(H,9,10)/t4-/m0/s1. The Labute approximate surface area is 72.3 Å². The average Bonchev–Trinajstić information content (AvgIpc) is 2.32. The van der Waals surface area contributed by atoms with Gasteiger partial charge in [0.2, 0.25) is 0 Å². The quantitative estimate of drug-likeness (QED) is 0.532. The normalized spacial score (nSPS) is 23.7. The minimum atomic E-state index is -0.921. The number of halogens is 1. The minimum absolute atomic E-state index is 0.331. The van der Waals surface area contributed by atoms with Gasteiger partial charge in [0.15, 0.2) is 0 Å². The third-order valence-corrected chi connectivity index (χ3v) is 2.22. The smallest absolute Gasteiger partial charge is 0.326 e. The molecule has 4 nitrogen and oxygen atoms in total. The van der Waals surface area contributed by atoms with E-state index in [1.54, 1.807) is 0 Å². The average molecular weight is 222 g/mol. The van der Waals surface area contributed by atoms with Crippen LogP contribution < -0.4 is 0 Å². The van der Waals surface area contributed by atoms with E-state index in [9.17, 15) is 9.59 Å². The van der Waals surface area contributed by atoms with Crippen LogP contribution in [0.1, 0.15) is 12.8 Å². The molecule has 62 valence electrons. The number of carboxylic acid groups (broad SMARTS) is 1. The second-order valence-electron chi connectivity index (χ2n) is 2.44. The number of hydrogen-bond donors (Lipinski definition) is 1. The third kappa shape index (κ3) is 1.71. The number of aliphatic carboxylic acids is 1. The molecule has 1 rings (SSSR count). The molecule has 0 bridgehead atoms. The Bertz CT molecular complexity index is 174. The van der Waals surface area contributed by atoms with E-state index in [0.717, 1.165) is 6.42 Å². The lowest BCUT2D eigenvalue weighted by molar-refractivity contribution is -0.141. The number of carboxylic acids is 1. The van der Waals surface area contributed by atoms with Gasteiger partial charge in [-0.1, -0.05) is 0 Å². The summed E-state index contributed by atoms with van der Waals surface area (Å²) in [5.41, 5.74) is 0. The van der Waals surface area contributed by atoms with Crippen LogP contribution in [0.3, 0.4) is 0 Å². The number of nitrogens with zero attached hydrogens (tertiary/aromatic N) is 1. The minimum Gasteiger partial charge on any atom is -0.480 e. The topological polar surface area (TPSA) is 57.6 Å². The number of carbonyl (C=O) groups is 2. The molecule has 1 saturated heterocycles. The van der Waals surface area contributed by atoms with E-state index < -0.39 is 12.0 Å². The van der Waals surface area contributed by atoms with Crippen LogP contribution in [0.5, 0.6) is 0 Å². The summed E-state index contributed by atoms with van der Waals surface area (Å²) < 4.78 is 0. The second kappa shape index (κ2) is 3.21. The van der Waals surface area contributed by atoms with Crippen molar-refractivity contribution < 1.29 is 14.7 Å². The summed E-state index contributed by atoms with van der Waals surface area (Å²) in [5.74, 6) is -0.921. The van der Waals surface area contributed by atoms with Crippen LogP contribution in [0.25, 0.3) is 0 Å². The maximum Gasteiger partial charge on any atom is 0.326 e. The van der Waals surface area contributed by atoms with Gasteiger partial charge in [-0.05, 0) is 12.8 Å². The third-order valence-electron chi connectivity index (χ3n) is 1.76. The van der Waals surface area contributed by atoms with Crippen LogP contribution in [0.2, 0.25) is 0 Å². The van der Waals surface area contributed by atoms with Gasteiger partial charge in [-0.25, -0.2) is 4.79 Å². The molecule has 11 heavy (non-hydrogen) atoms. The zero-order valence-corrected chi connectivity index (χ0v) is 7.37. The van der Waals surface area contributed by atoms with Crippen molar-refractivity contribution >= 4 is 26.7 Å². The van der Waals surface area contributed by atoms with Crippen LogP contribution >= 0.6 is 15.9 Å². The molecule has 1 fully saturated rings. The van der Waals surface area contributed by atoms with Crippen molar-refractivity contribution in [1.29, 1.82) is 0 Å². The monoisotopic (exact) mass is 221 g/mol. The highest BCUT2D eigenvalue weighted by Gasteiger charge is 2.32. The largest absolute Gasteiger partial charge is 0.480 e. The highest BCUT2D eigenvalue weighted by atomic mass is 79.9. The summed E-state index contributed by atoms with van der Waals surface area (Å²) in [4.78, 5) is 22.2. The first-order chi connectivity index (χ1) is 5.13. The molecule has 1 heterocycles. The Morgan fingerprint density at radius 3 is 2.55 bits per heavy atom. The fourth-order valence-corrected chi connectivity index (χ4v) is 1.66. The lowest BCUT2D eigenvalue weighted by Gasteiger charge is -2.17. The lowest BCUT2D eigenvalue weighted by atomic mass is 10.2. The summed E-state index contributed by atoms with van der Waals surface area (Å²) in [5, 5.41) is 8.62. The van der Waals surface area contributed by atoms with Gasteiger partial charge in [0, 0.05) is 22.5 Å². The molecule has 1 aliphatic heterocycles. The molecule has 0 aromatic heterocycles. The van der Waals surface area contributed by atoms with E-state index in [-0.39, 0.29) is 4.82 Å². The molecule has 0 unspecified atom stereocenters. The highest BCUT2D eigenvalue weighted by Crippen LogP contribution is 2.19. The van der Waals surface area contributed by atoms with Crippen LogP contribution in [-0.4, -0.2) is 33.4 Å². The van der Waals surface area contributed by atoms with E-state index in [2.05, 4.69) is 15.9 Å². The zero-order chi connectivity index (χ0) is 8.43. The van der Waals surface area contributed by atoms with Gasteiger partial charge in [-0.2, -0.15) is 0 Å². The van der Waals surface area contributed by atoms with E-state index in [1.807, 2.05) is 0 Å². The molecule has 0 spiro atoms. The van der Waals surface area contributed by atoms with E-state index in [0.29, 0.717) is 13.0 Å². The molecule has 1 N–H and O–H groups in total. The van der Waals surface area contributed by atoms with Gasteiger partial charge in [-0.15, -0.1) is 0 Å². The SMILES string of the molecule is O=C(O)[C@@H]1CCCN1C(=O)Br. The highest BCUT2D eigenvalue weighted by molar-refractivity contribution is 9.18. The van der Waals surface area contributed by atoms with E-state index >= 15 is 0 Å². The first-order valence-corrected chi connectivity index (χ1v) is 4.11. The molecule has 0 aromatic carbocycles. The first kappa shape index (κ1) is 8.52. The Morgan fingerprint density at radius 1 is 1.55 bits per heavy atom. The number of amides is 1. The van der Waals surface area contributed by atoms with Crippen molar-refractivity contribution in [2.45, 2.75) is 18.9 Å². The number of carbonyl (C=O) groups excluding carboxylic acids is 1. The molecule has 1 amide bonds. The number of hydrogen-bond acceptors (Lipinski definition) is 2. The predicted molar refractivity (Wildman–Crippen MR) is 41.7 cm³/mol. The molecule has 0 radical (unpaired) electrons. The lowest BCUT2D eigenvalue weighted by Crippen LogP contribution is -2.37. The molecule has 0 saturated carbocycles. The maximum atomic E-state index is 10.7. The van der Waals surface area contributed by atoms with Crippen molar-refractivity contribution in [2.75, 3.05) is 6.54 Å². The fourth-order valence-electron chi connectivity index (χ4n) is 1.23. The van der Waals surface area contributed by atoms with Gasteiger partial charge in [0.05, 0.1) is 0 Å². The Morgan fingerprint density at radius 2 is 2.18 bits per heavy atom. The Kier molecular flexibility index (Phi) is 2.49. The van der Waals surface area contributed by atoms with E-state index in [1.165, 1.54) is 4.90 Å². The molecular weight excluding hydrogens is 214 g/mol. The van der Waals surface area contributed by atoms with Crippen molar-refractivity contribution in [3.05, 3.63) is 0 Å². The molecule has 1 atom stereocenters. The van der Waals surface area contributed by atoms with Crippen molar-refractivity contribution in [2.24, 2.45) is 0 Å². The van der Waals surface area contributed by atoms with Crippen LogP contribution in [0, 0.1) is 0 Å². The second-order valence-corrected chi connectivity index (χ2v) is 3.12. The maximum absolute atomic E-state index is 10.7. The molecule has 5 heteroatoms. The fraction of sp³-hybridized carbons (Fsp3) is 0.667. The molecule has 0 aliphatic carbocycles. The van der Waals surface area contributed by atoms with Crippen LogP contribution in [-0.2, 0) is 4.79 Å². The Balaban J connectivity index is 2.65. The van der Waals surface area contributed by atoms with Gasteiger partial charge >= 0.3 is 5.97 Å². The van der Waals surface area contributed by atoms with Crippen molar-refractivity contribution in [3.63, 3.8) is 0 Å².